The first-order chi connectivity index (χ1) is 18.9. The fourth-order valence-corrected chi connectivity index (χ4v) is 4.30. The predicted octanol–water partition coefficient (Wildman–Crippen LogP) is 6.17. The minimum atomic E-state index is -4.76. The molecule has 0 aliphatic rings. The molecule has 3 heterocycles. The molecular formula is C27H19ClF3N5O4. The molecule has 2 aromatic carbocycles. The van der Waals surface area contributed by atoms with E-state index < -0.39 is 34.9 Å². The fraction of sp³-hybridized carbons (Fsp3) is 0.111. The highest BCUT2D eigenvalue weighted by Crippen LogP contribution is 2.37. The van der Waals surface area contributed by atoms with Crippen LogP contribution in [0.15, 0.2) is 76.2 Å². The molecule has 0 radical (unpaired) electrons. The van der Waals surface area contributed by atoms with Gasteiger partial charge in [0.15, 0.2) is 11.1 Å². The zero-order valence-electron chi connectivity index (χ0n) is 20.5. The van der Waals surface area contributed by atoms with Crippen molar-refractivity contribution in [1.29, 1.82) is 0 Å². The summed E-state index contributed by atoms with van der Waals surface area (Å²) >= 11 is 5.81. The van der Waals surface area contributed by atoms with Crippen LogP contribution in [0.4, 0.5) is 24.5 Å². The van der Waals surface area contributed by atoms with E-state index in [2.05, 4.69) is 15.4 Å². The number of nitrogens with zero attached hydrogens (tertiary/aromatic N) is 3. The zero-order valence-corrected chi connectivity index (χ0v) is 21.3. The first-order valence-corrected chi connectivity index (χ1v) is 12.0. The van der Waals surface area contributed by atoms with Crippen LogP contribution in [0, 0.1) is 0 Å². The normalized spacial score (nSPS) is 12.4. The number of nitrogens with one attached hydrogen (secondary N) is 1. The number of rotatable bonds is 6. The first-order valence-electron chi connectivity index (χ1n) is 11.7. The van der Waals surface area contributed by atoms with Crippen LogP contribution < -0.4 is 16.5 Å². The maximum atomic E-state index is 13.8. The third-order valence-electron chi connectivity index (χ3n) is 6.11. The second kappa shape index (κ2) is 10.0. The molecule has 5 aromatic rings. The van der Waals surface area contributed by atoms with E-state index in [0.717, 1.165) is 18.2 Å². The molecule has 1 atom stereocenters. The summed E-state index contributed by atoms with van der Waals surface area (Å²) in [6, 6.07) is 11.3. The van der Waals surface area contributed by atoms with E-state index in [0.29, 0.717) is 16.9 Å². The molecule has 3 aromatic heterocycles. The Balaban J connectivity index is 1.64. The van der Waals surface area contributed by atoms with Gasteiger partial charge in [-0.1, -0.05) is 11.6 Å². The molecule has 0 bridgehead atoms. The Morgan fingerprint density at radius 2 is 1.88 bits per heavy atom. The molecule has 0 fully saturated rings. The van der Waals surface area contributed by atoms with Gasteiger partial charge >= 0.3 is 12.1 Å². The van der Waals surface area contributed by atoms with Crippen molar-refractivity contribution in [3.05, 3.63) is 99.2 Å². The molecule has 1 unspecified atom stereocenters. The van der Waals surface area contributed by atoms with Crippen LogP contribution in [-0.2, 0) is 6.18 Å². The molecule has 0 spiro atoms. The lowest BCUT2D eigenvalue weighted by Gasteiger charge is -2.20. The molecule has 40 heavy (non-hydrogen) atoms. The number of carbonyl (C=O) groups is 1. The van der Waals surface area contributed by atoms with Crippen molar-refractivity contribution in [3.8, 4) is 17.0 Å². The Bertz CT molecular complexity index is 1820. The summed E-state index contributed by atoms with van der Waals surface area (Å²) in [6.45, 7) is 1.50. The van der Waals surface area contributed by atoms with Crippen molar-refractivity contribution in [2.45, 2.75) is 19.1 Å². The van der Waals surface area contributed by atoms with Crippen LogP contribution in [0.3, 0.4) is 0 Å². The zero-order chi connectivity index (χ0) is 28.8. The molecule has 9 nitrogen and oxygen atoms in total. The molecular weight excluding hydrogens is 551 g/mol. The van der Waals surface area contributed by atoms with Crippen molar-refractivity contribution >= 4 is 39.9 Å². The van der Waals surface area contributed by atoms with Gasteiger partial charge < -0.3 is 20.6 Å². The maximum absolute atomic E-state index is 13.8. The van der Waals surface area contributed by atoms with E-state index in [9.17, 15) is 27.9 Å². The van der Waals surface area contributed by atoms with Gasteiger partial charge in [0.05, 0.1) is 40.1 Å². The third-order valence-corrected chi connectivity index (χ3v) is 6.32. The van der Waals surface area contributed by atoms with Crippen molar-refractivity contribution in [3.63, 3.8) is 0 Å². The van der Waals surface area contributed by atoms with E-state index in [1.807, 2.05) is 0 Å². The Kier molecular flexibility index (Phi) is 6.72. The Morgan fingerprint density at radius 3 is 2.55 bits per heavy atom. The van der Waals surface area contributed by atoms with Crippen LogP contribution in [0.1, 0.15) is 34.6 Å². The number of nitrogen functional groups attached to an aromatic ring is 1. The van der Waals surface area contributed by atoms with E-state index in [1.54, 1.807) is 30.5 Å². The number of carboxylic acid groups (broad SMARTS) is 1. The predicted molar refractivity (Wildman–Crippen MR) is 143 cm³/mol. The Hall–Kier alpha value is -4.84. The average Bonchev–Trinajstić information content (AvgIpc) is 3.39. The number of carboxylic acids is 1. The summed E-state index contributed by atoms with van der Waals surface area (Å²) in [5.41, 5.74) is 5.08. The van der Waals surface area contributed by atoms with Crippen LogP contribution >= 0.6 is 11.6 Å². The number of benzene rings is 2. The van der Waals surface area contributed by atoms with Gasteiger partial charge in [0.2, 0.25) is 0 Å². The number of aromatic nitrogens is 3. The highest BCUT2D eigenvalue weighted by molar-refractivity contribution is 6.29. The van der Waals surface area contributed by atoms with Crippen molar-refractivity contribution in [1.82, 2.24) is 14.8 Å². The molecule has 0 saturated carbocycles. The van der Waals surface area contributed by atoms with Crippen LogP contribution in [0.5, 0.6) is 0 Å². The number of fused-ring (bicyclic) bond motifs is 1. The number of alkyl halides is 3. The second-order valence-electron chi connectivity index (χ2n) is 8.88. The van der Waals surface area contributed by atoms with E-state index >= 15 is 0 Å². The number of hydrogen-bond donors (Lipinski definition) is 3. The number of aromatic carboxylic acids is 1. The highest BCUT2D eigenvalue weighted by atomic mass is 35.5. The second-order valence-corrected chi connectivity index (χ2v) is 9.27. The van der Waals surface area contributed by atoms with Crippen molar-refractivity contribution in [2.24, 2.45) is 0 Å². The fourth-order valence-electron chi connectivity index (χ4n) is 4.16. The Morgan fingerprint density at radius 1 is 1.15 bits per heavy atom. The van der Waals surface area contributed by atoms with Gasteiger partial charge in [0.1, 0.15) is 16.5 Å². The van der Waals surface area contributed by atoms with E-state index in [-0.39, 0.29) is 33.1 Å². The quantitative estimate of drug-likeness (QED) is 0.163. The number of anilines is 2. The topological polar surface area (TPSA) is 136 Å². The van der Waals surface area contributed by atoms with Crippen LogP contribution in [-0.4, -0.2) is 25.8 Å². The SMILES string of the molecule is CC(Nc1ccc(Cl)nc1C(=O)O)c1cc(C(F)(F)F)cc2c(=O)cc(-c3cnn(-c4ccc(N)cc4)c3)oc12. The monoisotopic (exact) mass is 569 g/mol. The molecule has 4 N–H and O–H groups in total. The van der Waals surface area contributed by atoms with Gasteiger partial charge in [-0.05, 0) is 55.5 Å². The smallest absolute Gasteiger partial charge is 0.416 e. The highest BCUT2D eigenvalue weighted by Gasteiger charge is 2.33. The number of pyridine rings is 1. The number of nitrogens with two attached hydrogens (primary N) is 1. The van der Waals surface area contributed by atoms with Gasteiger partial charge in [-0.3, -0.25) is 4.79 Å². The van der Waals surface area contributed by atoms with E-state index in [4.69, 9.17) is 21.8 Å². The minimum absolute atomic E-state index is 0.0123. The summed E-state index contributed by atoms with van der Waals surface area (Å²) in [4.78, 5) is 28.5. The Labute approximate surface area is 228 Å². The van der Waals surface area contributed by atoms with Gasteiger partial charge in [-0.15, -0.1) is 0 Å². The molecule has 0 aliphatic carbocycles. The van der Waals surface area contributed by atoms with Crippen molar-refractivity contribution in [2.75, 3.05) is 11.1 Å². The van der Waals surface area contributed by atoms with Gasteiger partial charge in [-0.25, -0.2) is 14.5 Å². The van der Waals surface area contributed by atoms with Gasteiger partial charge in [0.25, 0.3) is 0 Å². The first kappa shape index (κ1) is 26.8. The minimum Gasteiger partial charge on any atom is -0.476 e. The summed E-state index contributed by atoms with van der Waals surface area (Å²) in [7, 11) is 0. The molecule has 0 saturated heterocycles. The standard InChI is InChI=1S/C27H19ClF3N5O4/c1-13(34-20-6-7-23(28)35-24(20)26(38)39)18-8-15(27(29,30)31)9-19-21(37)10-22(40-25(18)19)14-11-33-36(12-14)17-4-2-16(32)3-5-17/h2-13,34H,32H2,1H3,(H,38,39). The molecule has 13 heteroatoms. The lowest BCUT2D eigenvalue weighted by Crippen LogP contribution is -2.15. The summed E-state index contributed by atoms with van der Waals surface area (Å²) in [6.07, 6.45) is -1.72. The van der Waals surface area contributed by atoms with Crippen molar-refractivity contribution < 1.29 is 27.5 Å². The van der Waals surface area contributed by atoms with Crippen LogP contribution in [0.25, 0.3) is 28.0 Å². The molecule has 0 aliphatic heterocycles. The number of hydrogen-bond acceptors (Lipinski definition) is 7. The van der Waals surface area contributed by atoms with Gasteiger partial charge in [-0.2, -0.15) is 18.3 Å². The molecule has 5 rings (SSSR count). The number of halogens is 4. The lowest BCUT2D eigenvalue weighted by atomic mass is 9.99. The molecule has 204 valence electrons. The lowest BCUT2D eigenvalue weighted by molar-refractivity contribution is -0.137. The summed E-state index contributed by atoms with van der Waals surface area (Å²) < 4.78 is 48.9. The van der Waals surface area contributed by atoms with Gasteiger partial charge in [0, 0.05) is 23.5 Å². The maximum Gasteiger partial charge on any atom is 0.416 e. The largest absolute Gasteiger partial charge is 0.476 e. The van der Waals surface area contributed by atoms with E-state index in [1.165, 1.54) is 29.9 Å². The third kappa shape index (κ3) is 5.21. The summed E-state index contributed by atoms with van der Waals surface area (Å²) in [5.74, 6) is -1.31. The molecule has 0 amide bonds. The van der Waals surface area contributed by atoms with Crippen LogP contribution in [0.2, 0.25) is 5.15 Å². The summed E-state index contributed by atoms with van der Waals surface area (Å²) in [5, 5.41) is 16.3. The average molecular weight is 570 g/mol.